The first-order chi connectivity index (χ1) is 15.0. The summed E-state index contributed by atoms with van der Waals surface area (Å²) in [5, 5.41) is -0.0454. The quantitative estimate of drug-likeness (QED) is 0.374. The van der Waals surface area contributed by atoms with Gasteiger partial charge in [-0.05, 0) is 53.9 Å². The van der Waals surface area contributed by atoms with Gasteiger partial charge in [0, 0.05) is 23.1 Å². The highest BCUT2D eigenvalue weighted by Crippen LogP contribution is 2.37. The fourth-order valence-corrected chi connectivity index (χ4v) is 5.38. The lowest BCUT2D eigenvalue weighted by Gasteiger charge is -2.28. The molecule has 0 spiro atoms. The molecule has 0 unspecified atom stereocenters. The molecule has 0 radical (unpaired) electrons. The topological polar surface area (TPSA) is 63.4 Å². The molecular formula is C24H19BrN2O3S. The molecule has 0 amide bonds. The SMILES string of the molecule is O=S(=O)(c1ccccc1)c1nc(-c2ccc(Br)cc2)oc1N1CCc2ccccc2C1. The molecule has 0 fully saturated rings. The highest BCUT2D eigenvalue weighted by Gasteiger charge is 2.32. The molecular weight excluding hydrogens is 476 g/mol. The fraction of sp³-hybridized carbons (Fsp3) is 0.125. The number of fused-ring (bicyclic) bond motifs is 1. The first kappa shape index (κ1) is 20.0. The second-order valence-electron chi connectivity index (χ2n) is 7.39. The number of nitrogens with zero attached hydrogens (tertiary/aromatic N) is 2. The number of anilines is 1. The van der Waals surface area contributed by atoms with Gasteiger partial charge in [-0.25, -0.2) is 8.42 Å². The van der Waals surface area contributed by atoms with Crippen LogP contribution >= 0.6 is 15.9 Å². The number of benzene rings is 3. The Morgan fingerprint density at radius 2 is 1.55 bits per heavy atom. The van der Waals surface area contributed by atoms with Crippen LogP contribution in [-0.4, -0.2) is 19.9 Å². The van der Waals surface area contributed by atoms with E-state index in [2.05, 4.69) is 33.0 Å². The van der Waals surface area contributed by atoms with Gasteiger partial charge >= 0.3 is 0 Å². The number of rotatable bonds is 4. The molecule has 2 heterocycles. The van der Waals surface area contributed by atoms with Crippen LogP contribution in [0, 0.1) is 0 Å². The maximum Gasteiger partial charge on any atom is 0.236 e. The Morgan fingerprint density at radius 3 is 2.29 bits per heavy atom. The molecule has 0 N–H and O–H groups in total. The molecule has 3 aromatic carbocycles. The Labute approximate surface area is 189 Å². The van der Waals surface area contributed by atoms with Crippen molar-refractivity contribution in [3.63, 3.8) is 0 Å². The van der Waals surface area contributed by atoms with E-state index in [-0.39, 0.29) is 21.7 Å². The van der Waals surface area contributed by atoms with E-state index in [0.29, 0.717) is 13.1 Å². The Morgan fingerprint density at radius 1 is 0.871 bits per heavy atom. The summed E-state index contributed by atoms with van der Waals surface area (Å²) in [5.74, 6) is 0.576. The minimum absolute atomic E-state index is 0.0454. The number of hydrogen-bond donors (Lipinski definition) is 0. The summed E-state index contributed by atoms with van der Waals surface area (Å²) < 4.78 is 34.0. The number of oxazole rings is 1. The molecule has 0 aliphatic carbocycles. The highest BCUT2D eigenvalue weighted by molar-refractivity contribution is 9.10. The summed E-state index contributed by atoms with van der Waals surface area (Å²) in [7, 11) is -3.85. The summed E-state index contributed by atoms with van der Waals surface area (Å²) in [6.45, 7) is 1.23. The molecule has 0 saturated carbocycles. The largest absolute Gasteiger partial charge is 0.419 e. The average Bonchev–Trinajstić information content (AvgIpc) is 3.26. The zero-order valence-corrected chi connectivity index (χ0v) is 18.9. The van der Waals surface area contributed by atoms with Gasteiger partial charge in [0.1, 0.15) is 0 Å². The fourth-order valence-electron chi connectivity index (χ4n) is 3.77. The van der Waals surface area contributed by atoms with Crippen molar-refractivity contribution in [2.45, 2.75) is 22.9 Å². The Hall–Kier alpha value is -2.90. The van der Waals surface area contributed by atoms with Gasteiger partial charge in [-0.3, -0.25) is 0 Å². The van der Waals surface area contributed by atoms with Crippen molar-refractivity contribution in [1.82, 2.24) is 4.98 Å². The Kier molecular flexibility index (Phi) is 5.16. The summed E-state index contributed by atoms with van der Waals surface area (Å²) >= 11 is 3.42. The molecule has 0 saturated heterocycles. The second-order valence-corrected chi connectivity index (χ2v) is 10.2. The van der Waals surface area contributed by atoms with Crippen molar-refractivity contribution < 1.29 is 12.8 Å². The molecule has 156 valence electrons. The van der Waals surface area contributed by atoms with E-state index in [0.717, 1.165) is 16.5 Å². The van der Waals surface area contributed by atoms with Gasteiger partial charge < -0.3 is 9.32 Å². The summed E-state index contributed by atoms with van der Waals surface area (Å²) in [6, 6.07) is 24.0. The van der Waals surface area contributed by atoms with Crippen LogP contribution in [0.3, 0.4) is 0 Å². The molecule has 5 nitrogen and oxygen atoms in total. The van der Waals surface area contributed by atoms with E-state index in [9.17, 15) is 8.42 Å². The number of aromatic nitrogens is 1. The van der Waals surface area contributed by atoms with Gasteiger partial charge in [0.25, 0.3) is 0 Å². The van der Waals surface area contributed by atoms with E-state index < -0.39 is 9.84 Å². The van der Waals surface area contributed by atoms with E-state index >= 15 is 0 Å². The lowest BCUT2D eigenvalue weighted by Crippen LogP contribution is -2.31. The van der Waals surface area contributed by atoms with Gasteiger partial charge in [-0.1, -0.05) is 58.4 Å². The maximum absolute atomic E-state index is 13.5. The molecule has 31 heavy (non-hydrogen) atoms. The molecule has 7 heteroatoms. The third kappa shape index (κ3) is 3.79. The molecule has 0 atom stereocenters. The number of halogens is 1. The van der Waals surface area contributed by atoms with Crippen molar-refractivity contribution >= 4 is 31.7 Å². The predicted molar refractivity (Wildman–Crippen MR) is 123 cm³/mol. The first-order valence-electron chi connectivity index (χ1n) is 9.91. The highest BCUT2D eigenvalue weighted by atomic mass is 79.9. The van der Waals surface area contributed by atoms with Gasteiger partial charge in [0.2, 0.25) is 26.6 Å². The van der Waals surface area contributed by atoms with E-state index in [4.69, 9.17) is 4.42 Å². The lowest BCUT2D eigenvalue weighted by atomic mass is 10.0. The average molecular weight is 495 g/mol. The molecule has 4 aromatic rings. The minimum Gasteiger partial charge on any atom is -0.419 e. The third-order valence-corrected chi connectivity index (χ3v) is 7.59. The van der Waals surface area contributed by atoms with E-state index in [1.807, 2.05) is 41.3 Å². The lowest BCUT2D eigenvalue weighted by molar-refractivity contribution is 0.533. The summed E-state index contributed by atoms with van der Waals surface area (Å²) in [5.41, 5.74) is 3.16. The summed E-state index contributed by atoms with van der Waals surface area (Å²) in [6.07, 6.45) is 0.815. The van der Waals surface area contributed by atoms with Crippen LogP contribution < -0.4 is 4.90 Å². The van der Waals surface area contributed by atoms with Crippen LogP contribution in [-0.2, 0) is 22.8 Å². The van der Waals surface area contributed by atoms with Crippen LogP contribution in [0.15, 0.2) is 97.7 Å². The van der Waals surface area contributed by atoms with Crippen LogP contribution in [0.5, 0.6) is 0 Å². The van der Waals surface area contributed by atoms with E-state index in [1.165, 1.54) is 11.1 Å². The monoisotopic (exact) mass is 494 g/mol. The first-order valence-corrected chi connectivity index (χ1v) is 12.2. The van der Waals surface area contributed by atoms with Gasteiger partial charge in [-0.15, -0.1) is 0 Å². The zero-order valence-electron chi connectivity index (χ0n) is 16.5. The van der Waals surface area contributed by atoms with Crippen molar-refractivity contribution in [1.29, 1.82) is 0 Å². The van der Waals surface area contributed by atoms with Gasteiger partial charge in [0.15, 0.2) is 0 Å². The number of sulfone groups is 1. The standard InChI is InChI=1S/C24H19BrN2O3S/c25-20-12-10-18(11-13-20)22-26-23(31(28,29)21-8-2-1-3-9-21)24(30-22)27-15-14-17-6-4-5-7-19(17)16-27/h1-13H,14-16H2. The third-order valence-electron chi connectivity index (χ3n) is 5.40. The molecule has 1 aromatic heterocycles. The Balaban J connectivity index is 1.63. The minimum atomic E-state index is -3.85. The molecule has 1 aliphatic rings. The second kappa shape index (κ2) is 7.98. The van der Waals surface area contributed by atoms with E-state index in [1.54, 1.807) is 30.3 Å². The normalized spacial score (nSPS) is 13.8. The number of hydrogen-bond acceptors (Lipinski definition) is 5. The van der Waals surface area contributed by atoms with Crippen molar-refractivity contribution in [3.05, 3.63) is 94.5 Å². The van der Waals surface area contributed by atoms with Crippen molar-refractivity contribution in [2.75, 3.05) is 11.4 Å². The molecule has 0 bridgehead atoms. The predicted octanol–water partition coefficient (Wildman–Crippen LogP) is 5.50. The van der Waals surface area contributed by atoms with Crippen LogP contribution in [0.25, 0.3) is 11.5 Å². The van der Waals surface area contributed by atoms with Gasteiger partial charge in [-0.2, -0.15) is 4.98 Å². The summed E-state index contributed by atoms with van der Waals surface area (Å²) in [4.78, 5) is 6.64. The van der Waals surface area contributed by atoms with Crippen LogP contribution in [0.4, 0.5) is 5.88 Å². The molecule has 5 rings (SSSR count). The maximum atomic E-state index is 13.5. The van der Waals surface area contributed by atoms with Crippen LogP contribution in [0.1, 0.15) is 11.1 Å². The Bertz CT molecular complexity index is 1330. The smallest absolute Gasteiger partial charge is 0.236 e. The van der Waals surface area contributed by atoms with Crippen LogP contribution in [0.2, 0.25) is 0 Å². The zero-order chi connectivity index (χ0) is 21.4. The van der Waals surface area contributed by atoms with Gasteiger partial charge in [0.05, 0.1) is 4.90 Å². The molecule has 1 aliphatic heterocycles. The van der Waals surface area contributed by atoms with Crippen molar-refractivity contribution in [3.8, 4) is 11.5 Å². The van der Waals surface area contributed by atoms with Crippen molar-refractivity contribution in [2.24, 2.45) is 0 Å².